The summed E-state index contributed by atoms with van der Waals surface area (Å²) >= 11 is 0. The summed E-state index contributed by atoms with van der Waals surface area (Å²) in [5.74, 6) is 3.04. The van der Waals surface area contributed by atoms with Crippen LogP contribution in [0.2, 0.25) is 0 Å². The summed E-state index contributed by atoms with van der Waals surface area (Å²) in [6.07, 6.45) is 13.3. The number of hydrogen-bond donors (Lipinski definition) is 1. The molecule has 45 heavy (non-hydrogen) atoms. The first kappa shape index (κ1) is 33.5. The molecule has 0 aromatic heterocycles. The molecule has 0 bridgehead atoms. The lowest BCUT2D eigenvalue weighted by Crippen LogP contribution is -2.34. The van der Waals surface area contributed by atoms with Crippen LogP contribution in [0.15, 0.2) is 30.3 Å². The van der Waals surface area contributed by atoms with E-state index < -0.39 is 11.6 Å². The normalized spacial score (nSPS) is 22.0. The van der Waals surface area contributed by atoms with Crippen molar-refractivity contribution in [1.29, 1.82) is 0 Å². The molecule has 0 aliphatic heterocycles. The first-order valence-electron chi connectivity index (χ1n) is 17.1. The first-order chi connectivity index (χ1) is 21.9. The van der Waals surface area contributed by atoms with Gasteiger partial charge in [0.1, 0.15) is 30.3 Å². The fourth-order valence-electron chi connectivity index (χ4n) is 8.10. The number of aldehydes is 1. The highest BCUT2D eigenvalue weighted by atomic mass is 19.1. The molecular weight excluding hydrogens is 574 g/mol. The van der Waals surface area contributed by atoms with E-state index in [4.69, 9.17) is 9.47 Å². The number of nitrogens with one attached hydrogen (secondary N) is 1. The summed E-state index contributed by atoms with van der Waals surface area (Å²) in [4.78, 5) is 24.1. The molecular formula is C37H50F2N2O4. The lowest BCUT2D eigenvalue weighted by atomic mass is 9.61. The molecule has 0 saturated heterocycles. The minimum Gasteiger partial charge on any atom is -0.489 e. The number of nitrogens with zero attached hydrogens (tertiary/aromatic N) is 1. The fourth-order valence-corrected chi connectivity index (χ4v) is 8.10. The van der Waals surface area contributed by atoms with E-state index >= 15 is 8.78 Å². The molecule has 4 atom stereocenters. The highest BCUT2D eigenvalue weighted by molar-refractivity contribution is 5.75. The maximum atomic E-state index is 15.0. The second-order valence-electron chi connectivity index (χ2n) is 13.4. The Kier molecular flexibility index (Phi) is 12.4. The molecule has 2 saturated carbocycles. The summed E-state index contributed by atoms with van der Waals surface area (Å²) < 4.78 is 41.3. The number of unbranched alkanes of at least 4 members (excludes halogenated alkanes) is 2. The Morgan fingerprint density at radius 1 is 1.00 bits per heavy atom. The molecule has 2 aromatic carbocycles. The third-order valence-electron chi connectivity index (χ3n) is 10.3. The number of carbonyl (C=O) groups is 2. The van der Waals surface area contributed by atoms with Crippen LogP contribution >= 0.6 is 0 Å². The van der Waals surface area contributed by atoms with Gasteiger partial charge in [0.15, 0.2) is 0 Å². The molecule has 1 N–H and O–H groups in total. The fraction of sp³-hybridized carbons (Fsp3) is 0.622. The smallest absolute Gasteiger partial charge is 0.220 e. The molecule has 3 aliphatic rings. The first-order valence-corrected chi connectivity index (χ1v) is 17.1. The molecule has 6 nitrogen and oxygen atoms in total. The van der Waals surface area contributed by atoms with Crippen LogP contribution in [0.25, 0.3) is 0 Å². The molecule has 2 fully saturated rings. The Morgan fingerprint density at radius 2 is 1.84 bits per heavy atom. The number of ether oxygens (including phenoxy) is 2. The molecule has 1 amide bonds. The zero-order valence-electron chi connectivity index (χ0n) is 26.8. The second-order valence-corrected chi connectivity index (χ2v) is 13.4. The van der Waals surface area contributed by atoms with Gasteiger partial charge in [-0.05, 0) is 123 Å². The monoisotopic (exact) mass is 624 g/mol. The van der Waals surface area contributed by atoms with Crippen molar-refractivity contribution in [3.05, 3.63) is 64.2 Å². The number of benzene rings is 2. The highest BCUT2D eigenvalue weighted by Gasteiger charge is 2.43. The van der Waals surface area contributed by atoms with Crippen molar-refractivity contribution in [2.75, 3.05) is 33.4 Å². The Bertz CT molecular complexity index is 1260. The molecule has 2 aromatic rings. The number of fused-ring (bicyclic) bond motifs is 5. The van der Waals surface area contributed by atoms with Crippen LogP contribution in [0.4, 0.5) is 8.78 Å². The van der Waals surface area contributed by atoms with Crippen LogP contribution < -0.4 is 10.1 Å². The van der Waals surface area contributed by atoms with Gasteiger partial charge >= 0.3 is 0 Å². The van der Waals surface area contributed by atoms with Crippen LogP contribution in [0, 0.1) is 29.4 Å². The van der Waals surface area contributed by atoms with E-state index in [1.54, 1.807) is 0 Å². The van der Waals surface area contributed by atoms with Crippen molar-refractivity contribution in [2.24, 2.45) is 17.8 Å². The lowest BCUT2D eigenvalue weighted by molar-refractivity contribution is -0.121. The van der Waals surface area contributed by atoms with Crippen LogP contribution in [0.3, 0.4) is 0 Å². The number of amides is 1. The van der Waals surface area contributed by atoms with Gasteiger partial charge in [-0.1, -0.05) is 25.3 Å². The zero-order chi connectivity index (χ0) is 31.6. The van der Waals surface area contributed by atoms with Crippen LogP contribution in [-0.4, -0.2) is 50.4 Å². The summed E-state index contributed by atoms with van der Waals surface area (Å²) in [6, 6.07) is 9.23. The summed E-state index contributed by atoms with van der Waals surface area (Å²) in [5, 5.41) is 2.80. The average molecular weight is 625 g/mol. The predicted molar refractivity (Wildman–Crippen MR) is 171 cm³/mol. The minimum atomic E-state index is -0.550. The van der Waals surface area contributed by atoms with Gasteiger partial charge in [-0.3, -0.25) is 4.79 Å². The summed E-state index contributed by atoms with van der Waals surface area (Å²) in [6.45, 7) is 2.17. The van der Waals surface area contributed by atoms with E-state index in [1.165, 1.54) is 61.8 Å². The average Bonchev–Trinajstić information content (AvgIpc) is 3.52. The molecule has 4 unspecified atom stereocenters. The lowest BCUT2D eigenvalue weighted by Gasteiger charge is -2.44. The second kappa shape index (κ2) is 16.6. The third-order valence-corrected chi connectivity index (χ3v) is 10.3. The van der Waals surface area contributed by atoms with Gasteiger partial charge in [0.2, 0.25) is 5.91 Å². The van der Waals surface area contributed by atoms with Crippen LogP contribution in [-0.2, 0) is 33.9 Å². The number of carbonyl (C=O) groups excluding carboxylic acids is 2. The largest absolute Gasteiger partial charge is 0.489 e. The number of halogens is 2. The van der Waals surface area contributed by atoms with Gasteiger partial charge in [0.25, 0.3) is 0 Å². The molecule has 3 aliphatic carbocycles. The van der Waals surface area contributed by atoms with E-state index in [2.05, 4.69) is 17.4 Å². The molecule has 0 radical (unpaired) electrons. The number of hydrogen-bond acceptors (Lipinski definition) is 5. The molecule has 8 heteroatoms. The van der Waals surface area contributed by atoms with E-state index in [-0.39, 0.29) is 24.6 Å². The van der Waals surface area contributed by atoms with Gasteiger partial charge in [-0.15, -0.1) is 0 Å². The molecule has 5 rings (SSSR count). The SMILES string of the molecule is CN(CCCCCC(=O)NCCOCCC=O)Cc1c(F)cc(COc2ccc3c(c2)CCC2C3CCC3CCCC32)cc1F. The summed E-state index contributed by atoms with van der Waals surface area (Å²) in [5.41, 5.74) is 3.44. The standard InChI is InChI=1S/C37H50F2N2O4/c1-41(17-4-2-3-9-37(43)40-16-20-44-19-6-18-42)24-34-35(38)21-26(22-36(34)39)25-45-29-12-15-31-28(23-29)11-14-32-30-8-5-7-27(30)10-13-33(31)32/h12,15,18,21-23,27,30,32-33H,2-11,13-14,16-17,19-20,24-25H2,1H3,(H,40,43). The highest BCUT2D eigenvalue weighted by Crippen LogP contribution is 2.55. The Labute approximate surface area is 267 Å². The maximum Gasteiger partial charge on any atom is 0.220 e. The van der Waals surface area contributed by atoms with Gasteiger partial charge in [0.05, 0.1) is 13.2 Å². The summed E-state index contributed by atoms with van der Waals surface area (Å²) in [7, 11) is 1.85. The predicted octanol–water partition coefficient (Wildman–Crippen LogP) is 7.11. The van der Waals surface area contributed by atoms with Gasteiger partial charge in [-0.2, -0.15) is 0 Å². The van der Waals surface area contributed by atoms with Gasteiger partial charge in [-0.25, -0.2) is 8.78 Å². The van der Waals surface area contributed by atoms with Gasteiger partial charge in [0, 0.05) is 31.5 Å². The Hall–Kier alpha value is -2.84. The van der Waals surface area contributed by atoms with Crippen molar-refractivity contribution >= 4 is 12.2 Å². The number of rotatable bonds is 17. The zero-order valence-corrected chi connectivity index (χ0v) is 26.8. The third kappa shape index (κ3) is 9.13. The molecule has 0 heterocycles. The van der Waals surface area contributed by atoms with E-state index in [9.17, 15) is 9.59 Å². The van der Waals surface area contributed by atoms with E-state index in [1.807, 2.05) is 18.0 Å². The minimum absolute atomic E-state index is 0.0263. The maximum absolute atomic E-state index is 15.0. The number of aryl methyl sites for hydroxylation is 1. The van der Waals surface area contributed by atoms with Crippen molar-refractivity contribution in [1.82, 2.24) is 10.2 Å². The van der Waals surface area contributed by atoms with E-state index in [0.717, 1.165) is 55.5 Å². The van der Waals surface area contributed by atoms with Crippen LogP contribution in [0.1, 0.15) is 98.8 Å². The van der Waals surface area contributed by atoms with Crippen molar-refractivity contribution < 1.29 is 27.8 Å². The Morgan fingerprint density at radius 3 is 2.67 bits per heavy atom. The Balaban J connectivity index is 1.02. The van der Waals surface area contributed by atoms with Crippen LogP contribution in [0.5, 0.6) is 5.75 Å². The van der Waals surface area contributed by atoms with E-state index in [0.29, 0.717) is 50.6 Å². The van der Waals surface area contributed by atoms with Crippen molar-refractivity contribution in [2.45, 2.75) is 96.1 Å². The molecule has 246 valence electrons. The quantitative estimate of drug-likeness (QED) is 0.150. The molecule has 0 spiro atoms. The van der Waals surface area contributed by atoms with Crippen molar-refractivity contribution in [3.8, 4) is 5.75 Å². The van der Waals surface area contributed by atoms with Gasteiger partial charge < -0.3 is 24.5 Å². The topological polar surface area (TPSA) is 67.9 Å². The van der Waals surface area contributed by atoms with Crippen molar-refractivity contribution in [3.63, 3.8) is 0 Å².